The quantitative estimate of drug-likeness (QED) is 0.715. The van der Waals surface area contributed by atoms with Gasteiger partial charge in [-0.2, -0.15) is 8.42 Å². The molecule has 5 nitrogen and oxygen atoms in total. The maximum Gasteiger partial charge on any atom is 0.302 e. The second kappa shape index (κ2) is 7.09. The number of hydrogen-bond donors (Lipinski definition) is 0. The molecule has 122 valence electrons. The van der Waals surface area contributed by atoms with Gasteiger partial charge in [0, 0.05) is 25.4 Å². The number of ether oxygens (including phenoxy) is 1. The molecule has 1 atom stereocenters. The molecule has 2 rings (SSSR count). The molecular weight excluding hydrogens is 309 g/mol. The highest BCUT2D eigenvalue weighted by Crippen LogP contribution is 2.21. The summed E-state index contributed by atoms with van der Waals surface area (Å²) in [6.45, 7) is 3.30. The molecule has 0 saturated carbocycles. The lowest BCUT2D eigenvalue weighted by molar-refractivity contribution is -0.127. The van der Waals surface area contributed by atoms with Crippen molar-refractivity contribution in [3.63, 3.8) is 0 Å². The Bertz CT molecular complexity index is 632. The van der Waals surface area contributed by atoms with E-state index in [1.165, 1.54) is 0 Å². The summed E-state index contributed by atoms with van der Waals surface area (Å²) in [7, 11) is -4.53. The number of halogens is 1. The van der Waals surface area contributed by atoms with E-state index in [1.807, 2.05) is 31.2 Å². The zero-order valence-electron chi connectivity index (χ0n) is 12.5. The van der Waals surface area contributed by atoms with Crippen LogP contribution >= 0.6 is 0 Å². The van der Waals surface area contributed by atoms with E-state index in [2.05, 4.69) is 0 Å². The number of hydrogen-bond acceptors (Lipinski definition) is 4. The summed E-state index contributed by atoms with van der Waals surface area (Å²) < 4.78 is 39.5. The highest BCUT2D eigenvalue weighted by molar-refractivity contribution is 7.86. The van der Waals surface area contributed by atoms with Crippen LogP contribution < -0.4 is 4.74 Å². The van der Waals surface area contributed by atoms with Crippen molar-refractivity contribution in [1.82, 2.24) is 4.90 Å². The van der Waals surface area contributed by atoms with Gasteiger partial charge in [0.05, 0.1) is 12.4 Å². The van der Waals surface area contributed by atoms with Crippen LogP contribution in [0.2, 0.25) is 0 Å². The summed E-state index contributed by atoms with van der Waals surface area (Å²) >= 11 is 0. The van der Waals surface area contributed by atoms with Crippen molar-refractivity contribution in [2.45, 2.75) is 19.8 Å². The normalized spacial score (nSPS) is 18.7. The second-order valence-corrected chi connectivity index (χ2v) is 6.86. The molecule has 1 unspecified atom stereocenters. The van der Waals surface area contributed by atoms with Crippen molar-refractivity contribution in [2.24, 2.45) is 5.92 Å². The molecule has 1 aliphatic rings. The van der Waals surface area contributed by atoms with Crippen molar-refractivity contribution in [2.75, 3.05) is 25.4 Å². The van der Waals surface area contributed by atoms with Crippen LogP contribution in [0, 0.1) is 5.92 Å². The Morgan fingerprint density at radius 2 is 2.18 bits per heavy atom. The van der Waals surface area contributed by atoms with Gasteiger partial charge in [0.15, 0.2) is 0 Å². The first kappa shape index (κ1) is 16.7. The van der Waals surface area contributed by atoms with Crippen molar-refractivity contribution < 1.29 is 21.8 Å². The van der Waals surface area contributed by atoms with E-state index in [0.29, 0.717) is 26.1 Å². The van der Waals surface area contributed by atoms with Gasteiger partial charge >= 0.3 is 10.2 Å². The summed E-state index contributed by atoms with van der Waals surface area (Å²) in [5.41, 5.74) is 1.04. The number of nitrogens with zero attached hydrogens (tertiary/aromatic N) is 1. The van der Waals surface area contributed by atoms with Crippen LogP contribution in [0.25, 0.3) is 0 Å². The third-order valence-electron chi connectivity index (χ3n) is 3.61. The van der Waals surface area contributed by atoms with Crippen molar-refractivity contribution in [1.29, 1.82) is 0 Å². The van der Waals surface area contributed by atoms with Crippen LogP contribution in [0.4, 0.5) is 3.89 Å². The Balaban J connectivity index is 1.89. The van der Waals surface area contributed by atoms with Gasteiger partial charge < -0.3 is 9.64 Å². The van der Waals surface area contributed by atoms with Crippen LogP contribution in [-0.4, -0.2) is 44.7 Å². The summed E-state index contributed by atoms with van der Waals surface area (Å²) in [6, 6.07) is 7.64. The fourth-order valence-electron chi connectivity index (χ4n) is 2.68. The molecule has 1 aromatic carbocycles. The largest absolute Gasteiger partial charge is 0.494 e. The molecule has 1 amide bonds. The van der Waals surface area contributed by atoms with E-state index in [-0.39, 0.29) is 12.3 Å². The lowest BCUT2D eigenvalue weighted by Gasteiger charge is -2.16. The predicted octanol–water partition coefficient (Wildman–Crippen LogP) is 1.78. The molecule has 1 saturated heterocycles. The number of rotatable bonds is 7. The average molecular weight is 329 g/mol. The highest BCUT2D eigenvalue weighted by Gasteiger charge is 2.32. The van der Waals surface area contributed by atoms with Gasteiger partial charge in [0.25, 0.3) is 0 Å². The third kappa shape index (κ3) is 4.98. The fraction of sp³-hybridized carbons (Fsp3) is 0.533. The van der Waals surface area contributed by atoms with Gasteiger partial charge in [-0.3, -0.25) is 4.79 Å². The SMILES string of the molecule is CCOc1cccc(CCN2CC(CS(=O)(=O)F)CC2=O)c1. The predicted molar refractivity (Wildman–Crippen MR) is 80.9 cm³/mol. The zero-order chi connectivity index (χ0) is 16.2. The summed E-state index contributed by atoms with van der Waals surface area (Å²) in [5, 5.41) is 0. The van der Waals surface area contributed by atoms with Gasteiger partial charge in [0.2, 0.25) is 5.91 Å². The van der Waals surface area contributed by atoms with E-state index < -0.39 is 21.9 Å². The minimum Gasteiger partial charge on any atom is -0.494 e. The second-order valence-electron chi connectivity index (χ2n) is 5.45. The topological polar surface area (TPSA) is 63.7 Å². The Labute approximate surface area is 130 Å². The first-order chi connectivity index (χ1) is 10.4. The Morgan fingerprint density at radius 1 is 1.41 bits per heavy atom. The van der Waals surface area contributed by atoms with Gasteiger partial charge in [-0.05, 0) is 31.0 Å². The molecule has 0 radical (unpaired) electrons. The van der Waals surface area contributed by atoms with Gasteiger partial charge in [-0.1, -0.05) is 12.1 Å². The molecule has 1 heterocycles. The fourth-order valence-corrected chi connectivity index (χ4v) is 3.47. The van der Waals surface area contributed by atoms with Crippen LogP contribution in [0.3, 0.4) is 0 Å². The maximum atomic E-state index is 12.7. The first-order valence-electron chi connectivity index (χ1n) is 7.29. The Hall–Kier alpha value is -1.63. The molecule has 0 aliphatic carbocycles. The van der Waals surface area contributed by atoms with Gasteiger partial charge in [-0.15, -0.1) is 3.89 Å². The van der Waals surface area contributed by atoms with E-state index >= 15 is 0 Å². The Kier molecular flexibility index (Phi) is 5.39. The molecular formula is C15H20FNO4S. The van der Waals surface area contributed by atoms with Gasteiger partial charge in [-0.25, -0.2) is 0 Å². The molecule has 0 N–H and O–H groups in total. The lowest BCUT2D eigenvalue weighted by atomic mass is 10.1. The minimum atomic E-state index is -4.53. The van der Waals surface area contributed by atoms with Gasteiger partial charge in [0.1, 0.15) is 5.75 Å². The number of benzene rings is 1. The molecule has 22 heavy (non-hydrogen) atoms. The maximum absolute atomic E-state index is 12.7. The molecule has 0 bridgehead atoms. The van der Waals surface area contributed by atoms with Crippen molar-refractivity contribution in [3.05, 3.63) is 29.8 Å². The van der Waals surface area contributed by atoms with Crippen LogP contribution in [0.1, 0.15) is 18.9 Å². The van der Waals surface area contributed by atoms with Crippen LogP contribution in [0.5, 0.6) is 5.75 Å². The minimum absolute atomic E-state index is 0.0993. The lowest BCUT2D eigenvalue weighted by Crippen LogP contribution is -2.28. The summed E-state index contributed by atoms with van der Waals surface area (Å²) in [5.74, 6) is -0.351. The standard InChI is InChI=1S/C15H20FNO4S/c1-2-21-14-5-3-4-12(8-14)6-7-17-10-13(9-15(17)18)11-22(16,19)20/h3-5,8,13H,2,6-7,9-11H2,1H3. The van der Waals surface area contributed by atoms with Crippen molar-refractivity contribution in [3.8, 4) is 5.75 Å². The number of likely N-dealkylation sites (tertiary alicyclic amines) is 1. The molecule has 0 spiro atoms. The molecule has 1 aliphatic heterocycles. The van der Waals surface area contributed by atoms with E-state index in [9.17, 15) is 17.1 Å². The monoisotopic (exact) mass is 329 g/mol. The molecule has 0 aromatic heterocycles. The number of amides is 1. The zero-order valence-corrected chi connectivity index (χ0v) is 13.3. The van der Waals surface area contributed by atoms with E-state index in [1.54, 1.807) is 4.90 Å². The molecule has 7 heteroatoms. The van der Waals surface area contributed by atoms with Crippen LogP contribution in [-0.2, 0) is 21.4 Å². The highest BCUT2D eigenvalue weighted by atomic mass is 32.3. The number of carbonyl (C=O) groups is 1. The first-order valence-corrected chi connectivity index (χ1v) is 8.84. The average Bonchev–Trinajstić information content (AvgIpc) is 2.75. The number of carbonyl (C=O) groups excluding carboxylic acids is 1. The smallest absolute Gasteiger partial charge is 0.302 e. The van der Waals surface area contributed by atoms with E-state index in [0.717, 1.165) is 11.3 Å². The summed E-state index contributed by atoms with van der Waals surface area (Å²) in [4.78, 5) is 13.4. The third-order valence-corrected chi connectivity index (χ3v) is 4.48. The molecule has 1 fully saturated rings. The molecule has 1 aromatic rings. The Morgan fingerprint density at radius 3 is 2.86 bits per heavy atom. The summed E-state index contributed by atoms with van der Waals surface area (Å²) in [6.07, 6.45) is 0.754. The van der Waals surface area contributed by atoms with Crippen molar-refractivity contribution >= 4 is 16.1 Å². The van der Waals surface area contributed by atoms with E-state index in [4.69, 9.17) is 4.74 Å². The van der Waals surface area contributed by atoms with Crippen LogP contribution in [0.15, 0.2) is 24.3 Å².